The van der Waals surface area contributed by atoms with Gasteiger partial charge >= 0.3 is 12.1 Å². The van der Waals surface area contributed by atoms with Gasteiger partial charge in [-0.25, -0.2) is 0 Å². The van der Waals surface area contributed by atoms with Gasteiger partial charge in [0.05, 0.1) is 19.8 Å². The third-order valence-electron chi connectivity index (χ3n) is 5.33. The molecule has 1 aliphatic rings. The quantitative estimate of drug-likeness (QED) is 0.526. The zero-order chi connectivity index (χ0) is 22.8. The van der Waals surface area contributed by atoms with E-state index in [2.05, 4.69) is 0 Å². The summed E-state index contributed by atoms with van der Waals surface area (Å²) < 4.78 is 55.2. The zero-order valence-electron chi connectivity index (χ0n) is 17.2. The molecule has 0 N–H and O–H groups in total. The number of halogens is 3. The topological polar surface area (TPSA) is 65.1 Å². The number of amides is 1. The lowest BCUT2D eigenvalue weighted by atomic mass is 9.81. The fraction of sp³-hybridized carbons (Fsp3) is 0.364. The molecule has 0 aliphatic carbocycles. The number of fused-ring (bicyclic) bond motifs is 1. The molecule has 31 heavy (non-hydrogen) atoms. The first-order chi connectivity index (χ1) is 14.7. The van der Waals surface area contributed by atoms with Crippen molar-refractivity contribution in [3.05, 3.63) is 59.2 Å². The number of nitrogens with zero attached hydrogens (tertiary/aromatic N) is 1. The number of alkyl halides is 3. The van der Waals surface area contributed by atoms with Crippen molar-refractivity contribution in [3.63, 3.8) is 0 Å². The average molecular weight is 437 g/mol. The molecule has 2 aromatic rings. The molecule has 2 atom stereocenters. The lowest BCUT2D eigenvalue weighted by molar-refractivity contribution is -0.150. The molecule has 6 nitrogen and oxygen atoms in total. The molecular weight excluding hydrogens is 415 g/mol. The molecule has 2 aromatic carbocycles. The fourth-order valence-electron chi connectivity index (χ4n) is 3.82. The van der Waals surface area contributed by atoms with E-state index in [1.807, 2.05) is 0 Å². The van der Waals surface area contributed by atoms with Crippen LogP contribution in [0.25, 0.3) is 0 Å². The standard InChI is InChI=1S/C22H22F3NO5/c1-29-12-26-18-9-6-15(22(23,24)25)10-14(18)11-17(19(20(26)27)21(28)31-3)13-4-7-16(30-2)8-5-13/h4-10,17,19H,11-12H2,1-3H3. The van der Waals surface area contributed by atoms with Crippen molar-refractivity contribution in [3.8, 4) is 5.75 Å². The zero-order valence-corrected chi connectivity index (χ0v) is 17.2. The molecule has 0 aromatic heterocycles. The van der Waals surface area contributed by atoms with E-state index in [1.165, 1.54) is 32.3 Å². The summed E-state index contributed by atoms with van der Waals surface area (Å²) in [6.07, 6.45) is -4.52. The van der Waals surface area contributed by atoms with Gasteiger partial charge in [0.1, 0.15) is 18.4 Å². The maximum atomic E-state index is 13.4. The molecule has 1 aliphatic heterocycles. The first-order valence-electron chi connectivity index (χ1n) is 9.43. The minimum atomic E-state index is -4.55. The summed E-state index contributed by atoms with van der Waals surface area (Å²) in [7, 11) is 4.02. The minimum absolute atomic E-state index is 0.0251. The average Bonchev–Trinajstić information content (AvgIpc) is 2.87. The van der Waals surface area contributed by atoms with Crippen LogP contribution in [0.15, 0.2) is 42.5 Å². The first-order valence-corrected chi connectivity index (χ1v) is 9.43. The molecule has 1 amide bonds. The molecular formula is C22H22F3NO5. The monoisotopic (exact) mass is 437 g/mol. The van der Waals surface area contributed by atoms with Gasteiger partial charge in [-0.05, 0) is 47.9 Å². The Morgan fingerprint density at radius 3 is 2.32 bits per heavy atom. The highest BCUT2D eigenvalue weighted by Gasteiger charge is 2.44. The molecule has 2 unspecified atom stereocenters. The van der Waals surface area contributed by atoms with Crippen molar-refractivity contribution in [2.45, 2.75) is 18.5 Å². The summed E-state index contributed by atoms with van der Waals surface area (Å²) in [6, 6.07) is 9.87. The van der Waals surface area contributed by atoms with Crippen LogP contribution in [-0.4, -0.2) is 39.9 Å². The van der Waals surface area contributed by atoms with E-state index < -0.39 is 35.5 Å². The number of ether oxygens (including phenoxy) is 3. The number of benzene rings is 2. The number of anilines is 1. The fourth-order valence-corrected chi connectivity index (χ4v) is 3.82. The third kappa shape index (κ3) is 4.51. The largest absolute Gasteiger partial charge is 0.497 e. The summed E-state index contributed by atoms with van der Waals surface area (Å²) in [5.41, 5.74) is 0.324. The lowest BCUT2D eigenvalue weighted by Crippen LogP contribution is -2.42. The minimum Gasteiger partial charge on any atom is -0.497 e. The third-order valence-corrected chi connectivity index (χ3v) is 5.33. The molecule has 0 fully saturated rings. The van der Waals surface area contributed by atoms with Crippen LogP contribution < -0.4 is 9.64 Å². The lowest BCUT2D eigenvalue weighted by Gasteiger charge is -2.26. The summed E-state index contributed by atoms with van der Waals surface area (Å²) >= 11 is 0. The first kappa shape index (κ1) is 22.6. The normalized spacial score (nSPS) is 18.9. The Labute approximate surface area is 177 Å². The molecule has 0 bridgehead atoms. The highest BCUT2D eigenvalue weighted by molar-refractivity contribution is 6.08. The van der Waals surface area contributed by atoms with E-state index in [4.69, 9.17) is 14.2 Å². The molecule has 0 radical (unpaired) electrons. The molecule has 0 saturated carbocycles. The van der Waals surface area contributed by atoms with Gasteiger partial charge < -0.3 is 14.2 Å². The van der Waals surface area contributed by atoms with Gasteiger partial charge in [0.15, 0.2) is 0 Å². The summed E-state index contributed by atoms with van der Waals surface area (Å²) in [4.78, 5) is 27.2. The van der Waals surface area contributed by atoms with Gasteiger partial charge in [-0.15, -0.1) is 0 Å². The van der Waals surface area contributed by atoms with Crippen LogP contribution in [0.5, 0.6) is 5.75 Å². The number of esters is 1. The van der Waals surface area contributed by atoms with E-state index >= 15 is 0 Å². The molecule has 0 saturated heterocycles. The van der Waals surface area contributed by atoms with Gasteiger partial charge in [0.25, 0.3) is 0 Å². The molecule has 1 heterocycles. The number of methoxy groups -OCH3 is 3. The van der Waals surface area contributed by atoms with E-state index in [9.17, 15) is 22.8 Å². The van der Waals surface area contributed by atoms with Crippen molar-refractivity contribution >= 4 is 17.6 Å². The second-order valence-corrected chi connectivity index (χ2v) is 7.11. The van der Waals surface area contributed by atoms with Crippen molar-refractivity contribution in [1.82, 2.24) is 0 Å². The van der Waals surface area contributed by atoms with Gasteiger partial charge in [-0.1, -0.05) is 12.1 Å². The van der Waals surface area contributed by atoms with E-state index in [1.54, 1.807) is 24.3 Å². The van der Waals surface area contributed by atoms with Crippen molar-refractivity contribution < 1.29 is 37.0 Å². The predicted molar refractivity (Wildman–Crippen MR) is 106 cm³/mol. The van der Waals surface area contributed by atoms with E-state index in [-0.39, 0.29) is 24.4 Å². The summed E-state index contributed by atoms with van der Waals surface area (Å²) in [5.74, 6) is -2.80. The Balaban J connectivity index is 2.19. The van der Waals surface area contributed by atoms with Crippen LogP contribution in [0, 0.1) is 5.92 Å². The number of rotatable bonds is 5. The summed E-state index contributed by atoms with van der Waals surface area (Å²) in [5, 5.41) is 0. The number of hydrogen-bond donors (Lipinski definition) is 0. The van der Waals surface area contributed by atoms with Crippen molar-refractivity contribution in [2.24, 2.45) is 5.92 Å². The van der Waals surface area contributed by atoms with E-state index in [0.29, 0.717) is 11.3 Å². The van der Waals surface area contributed by atoms with Crippen molar-refractivity contribution in [2.75, 3.05) is 33.0 Å². The maximum absolute atomic E-state index is 13.4. The second-order valence-electron chi connectivity index (χ2n) is 7.11. The van der Waals surface area contributed by atoms with Crippen LogP contribution in [0.4, 0.5) is 18.9 Å². The number of carbonyl (C=O) groups is 2. The highest BCUT2D eigenvalue weighted by atomic mass is 19.4. The van der Waals surface area contributed by atoms with Gasteiger partial charge in [-0.2, -0.15) is 13.2 Å². The smallest absolute Gasteiger partial charge is 0.416 e. The predicted octanol–water partition coefficient (Wildman–Crippen LogP) is 3.78. The SMILES string of the molecule is COCN1C(=O)C(C(=O)OC)C(c2ccc(OC)cc2)Cc2cc(C(F)(F)F)ccc21. The maximum Gasteiger partial charge on any atom is 0.416 e. The van der Waals surface area contributed by atoms with Crippen molar-refractivity contribution in [1.29, 1.82) is 0 Å². The van der Waals surface area contributed by atoms with Crippen LogP contribution in [0.3, 0.4) is 0 Å². The Hall–Kier alpha value is -3.07. The van der Waals surface area contributed by atoms with Gasteiger partial charge in [-0.3, -0.25) is 14.5 Å². The number of carbonyl (C=O) groups excluding carboxylic acids is 2. The Morgan fingerprint density at radius 2 is 1.77 bits per heavy atom. The van der Waals surface area contributed by atoms with Crippen LogP contribution in [0.2, 0.25) is 0 Å². The summed E-state index contributed by atoms with van der Waals surface area (Å²) in [6.45, 7) is -0.222. The molecule has 9 heteroatoms. The second kappa shape index (κ2) is 8.97. The molecule has 166 valence electrons. The Kier molecular flexibility index (Phi) is 6.54. The Morgan fingerprint density at radius 1 is 1.10 bits per heavy atom. The van der Waals surface area contributed by atoms with Gasteiger partial charge in [0.2, 0.25) is 5.91 Å². The van der Waals surface area contributed by atoms with Gasteiger partial charge in [0, 0.05) is 18.7 Å². The number of hydrogen-bond acceptors (Lipinski definition) is 5. The van der Waals surface area contributed by atoms with Crippen LogP contribution in [0.1, 0.15) is 22.6 Å². The van der Waals surface area contributed by atoms with E-state index in [0.717, 1.165) is 12.1 Å². The molecule has 0 spiro atoms. The highest BCUT2D eigenvalue weighted by Crippen LogP contribution is 2.41. The molecule has 3 rings (SSSR count). The van der Waals surface area contributed by atoms with Crippen LogP contribution >= 0.6 is 0 Å². The Bertz CT molecular complexity index is 959. The van der Waals surface area contributed by atoms with Crippen LogP contribution in [-0.2, 0) is 31.7 Å².